The highest BCUT2D eigenvalue weighted by Gasteiger charge is 2.36. The molecule has 2 rings (SSSR count). The fraction of sp³-hybridized carbons (Fsp3) is 1.00. The fourth-order valence-electron chi connectivity index (χ4n) is 3.12. The molecule has 2 aliphatic heterocycles. The molecular formula is C13H26N2O2S. The average molecular weight is 274 g/mol. The highest BCUT2D eigenvalue weighted by molar-refractivity contribution is 7.91. The van der Waals surface area contributed by atoms with Crippen LogP contribution < -0.4 is 5.32 Å². The highest BCUT2D eigenvalue weighted by Crippen LogP contribution is 2.31. The maximum atomic E-state index is 11.6. The molecule has 5 heteroatoms. The molecule has 0 aliphatic carbocycles. The van der Waals surface area contributed by atoms with E-state index in [0.717, 1.165) is 13.1 Å². The van der Waals surface area contributed by atoms with Crippen LogP contribution in [-0.4, -0.2) is 56.5 Å². The molecule has 2 atom stereocenters. The Balaban J connectivity index is 1.97. The third-order valence-electron chi connectivity index (χ3n) is 4.56. The quantitative estimate of drug-likeness (QED) is 0.812. The van der Waals surface area contributed by atoms with Gasteiger partial charge in [-0.05, 0) is 31.7 Å². The molecule has 0 aromatic rings. The monoisotopic (exact) mass is 274 g/mol. The minimum absolute atomic E-state index is 0.156. The van der Waals surface area contributed by atoms with Gasteiger partial charge >= 0.3 is 0 Å². The van der Waals surface area contributed by atoms with Crippen molar-refractivity contribution in [2.75, 3.05) is 31.1 Å². The molecule has 4 nitrogen and oxygen atoms in total. The van der Waals surface area contributed by atoms with Crippen LogP contribution in [0, 0.1) is 5.41 Å². The molecule has 106 valence electrons. The summed E-state index contributed by atoms with van der Waals surface area (Å²) in [7, 11) is -2.80. The molecule has 0 aromatic carbocycles. The maximum Gasteiger partial charge on any atom is 0.153 e. The van der Waals surface area contributed by atoms with E-state index in [-0.39, 0.29) is 6.04 Å². The van der Waals surface area contributed by atoms with E-state index in [1.807, 2.05) is 6.92 Å². The first kappa shape index (κ1) is 14.3. The zero-order valence-corrected chi connectivity index (χ0v) is 12.6. The Morgan fingerprint density at radius 1 is 1.39 bits per heavy atom. The van der Waals surface area contributed by atoms with Crippen LogP contribution in [0.3, 0.4) is 0 Å². The Morgan fingerprint density at radius 3 is 2.72 bits per heavy atom. The van der Waals surface area contributed by atoms with Gasteiger partial charge in [0.05, 0.1) is 11.5 Å². The maximum absolute atomic E-state index is 11.6. The number of hydrogen-bond acceptors (Lipinski definition) is 4. The molecule has 0 aromatic heterocycles. The molecular weight excluding hydrogens is 248 g/mol. The minimum Gasteiger partial charge on any atom is -0.312 e. The van der Waals surface area contributed by atoms with Crippen molar-refractivity contribution < 1.29 is 8.42 Å². The molecule has 18 heavy (non-hydrogen) atoms. The molecule has 0 spiro atoms. The van der Waals surface area contributed by atoms with Gasteiger partial charge in [-0.15, -0.1) is 0 Å². The van der Waals surface area contributed by atoms with E-state index < -0.39 is 9.84 Å². The number of nitrogens with one attached hydrogen (secondary N) is 1. The van der Waals surface area contributed by atoms with E-state index >= 15 is 0 Å². The van der Waals surface area contributed by atoms with Gasteiger partial charge in [-0.1, -0.05) is 13.8 Å². The summed E-state index contributed by atoms with van der Waals surface area (Å²) >= 11 is 0. The predicted octanol–water partition coefficient (Wildman–Crippen LogP) is 0.884. The van der Waals surface area contributed by atoms with Crippen LogP contribution in [0.1, 0.15) is 33.6 Å². The zero-order valence-electron chi connectivity index (χ0n) is 11.8. The minimum atomic E-state index is -2.80. The lowest BCUT2D eigenvalue weighted by Gasteiger charge is -2.44. The molecule has 1 N–H and O–H groups in total. The Kier molecular flexibility index (Phi) is 4.04. The van der Waals surface area contributed by atoms with E-state index in [9.17, 15) is 8.42 Å². The highest BCUT2D eigenvalue weighted by atomic mass is 32.2. The van der Waals surface area contributed by atoms with Gasteiger partial charge in [0, 0.05) is 25.2 Å². The first-order chi connectivity index (χ1) is 8.30. The fourth-order valence-corrected chi connectivity index (χ4v) is 4.75. The Morgan fingerprint density at radius 2 is 2.11 bits per heavy atom. The second-order valence-corrected chi connectivity index (χ2v) is 8.79. The van der Waals surface area contributed by atoms with E-state index in [2.05, 4.69) is 24.1 Å². The van der Waals surface area contributed by atoms with Gasteiger partial charge in [0.2, 0.25) is 0 Å². The van der Waals surface area contributed by atoms with Crippen molar-refractivity contribution in [3.8, 4) is 0 Å². The van der Waals surface area contributed by atoms with Crippen LogP contribution >= 0.6 is 0 Å². The van der Waals surface area contributed by atoms with Crippen molar-refractivity contribution in [1.82, 2.24) is 10.2 Å². The molecule has 2 unspecified atom stereocenters. The number of hydrogen-bond donors (Lipinski definition) is 1. The van der Waals surface area contributed by atoms with E-state index in [1.165, 1.54) is 12.8 Å². The lowest BCUT2D eigenvalue weighted by molar-refractivity contribution is 0.112. The lowest BCUT2D eigenvalue weighted by Crippen LogP contribution is -2.57. The van der Waals surface area contributed by atoms with Crippen molar-refractivity contribution in [2.24, 2.45) is 5.41 Å². The predicted molar refractivity (Wildman–Crippen MR) is 74.5 cm³/mol. The molecule has 2 saturated heterocycles. The summed E-state index contributed by atoms with van der Waals surface area (Å²) in [6, 6.07) is 0.637. The van der Waals surface area contributed by atoms with E-state index in [1.54, 1.807) is 0 Å². The van der Waals surface area contributed by atoms with Crippen molar-refractivity contribution in [3.05, 3.63) is 0 Å². The van der Waals surface area contributed by atoms with Crippen molar-refractivity contribution in [1.29, 1.82) is 0 Å². The van der Waals surface area contributed by atoms with Crippen molar-refractivity contribution in [3.63, 3.8) is 0 Å². The smallest absolute Gasteiger partial charge is 0.153 e. The van der Waals surface area contributed by atoms with Crippen molar-refractivity contribution >= 4 is 9.84 Å². The van der Waals surface area contributed by atoms with Crippen LogP contribution in [0.25, 0.3) is 0 Å². The SMILES string of the molecule is CC1CS(=O)(=O)CCN1CC1NCCCC1(C)C. The van der Waals surface area contributed by atoms with Crippen LogP contribution in [-0.2, 0) is 9.84 Å². The second-order valence-electron chi connectivity index (χ2n) is 6.56. The number of nitrogens with zero attached hydrogens (tertiary/aromatic N) is 1. The van der Waals surface area contributed by atoms with Crippen molar-refractivity contribution in [2.45, 2.75) is 45.7 Å². The molecule has 2 heterocycles. The molecule has 0 amide bonds. The largest absolute Gasteiger partial charge is 0.312 e. The zero-order chi connectivity index (χ0) is 13.4. The second kappa shape index (κ2) is 5.10. The van der Waals surface area contributed by atoms with Gasteiger partial charge in [-0.3, -0.25) is 4.90 Å². The lowest BCUT2D eigenvalue weighted by atomic mass is 9.77. The molecule has 0 radical (unpaired) electrons. The summed E-state index contributed by atoms with van der Waals surface area (Å²) in [4.78, 5) is 2.34. The van der Waals surface area contributed by atoms with Gasteiger partial charge in [-0.25, -0.2) is 8.42 Å². The van der Waals surface area contributed by atoms with Gasteiger partial charge in [-0.2, -0.15) is 0 Å². The summed E-state index contributed by atoms with van der Waals surface area (Å²) in [5, 5.41) is 3.61. The topological polar surface area (TPSA) is 49.4 Å². The molecule has 0 saturated carbocycles. The van der Waals surface area contributed by atoms with Gasteiger partial charge in [0.1, 0.15) is 0 Å². The first-order valence-electron chi connectivity index (χ1n) is 6.98. The van der Waals surface area contributed by atoms with Gasteiger partial charge in [0.15, 0.2) is 9.84 Å². The Labute approximate surface area is 111 Å². The number of sulfone groups is 1. The molecule has 0 bridgehead atoms. The Bertz CT molecular complexity index is 392. The number of piperidine rings is 1. The third-order valence-corrected chi connectivity index (χ3v) is 6.35. The molecule has 2 aliphatic rings. The summed E-state index contributed by atoms with van der Waals surface area (Å²) < 4.78 is 23.2. The number of rotatable bonds is 2. The van der Waals surface area contributed by atoms with E-state index in [4.69, 9.17) is 0 Å². The standard InChI is InChI=1S/C13H26N2O2S/c1-11-10-18(16,17)8-7-15(11)9-12-13(2,3)5-4-6-14-12/h11-12,14H,4-10H2,1-3H3. The normalized spacial score (nSPS) is 36.4. The van der Waals surface area contributed by atoms with Crippen LogP contribution in [0.4, 0.5) is 0 Å². The van der Waals surface area contributed by atoms with Gasteiger partial charge < -0.3 is 5.32 Å². The van der Waals surface area contributed by atoms with Gasteiger partial charge in [0.25, 0.3) is 0 Å². The van der Waals surface area contributed by atoms with Crippen LogP contribution in [0.2, 0.25) is 0 Å². The molecule has 2 fully saturated rings. The Hall–Kier alpha value is -0.130. The third kappa shape index (κ3) is 3.25. The summed E-state index contributed by atoms with van der Waals surface area (Å²) in [6.07, 6.45) is 2.50. The first-order valence-corrected chi connectivity index (χ1v) is 8.80. The van der Waals surface area contributed by atoms with Crippen LogP contribution in [0.15, 0.2) is 0 Å². The average Bonchev–Trinajstić information content (AvgIpc) is 2.23. The summed E-state index contributed by atoms with van der Waals surface area (Å²) in [6.45, 7) is 9.42. The van der Waals surface area contributed by atoms with Crippen LogP contribution in [0.5, 0.6) is 0 Å². The summed E-state index contributed by atoms with van der Waals surface area (Å²) in [5.74, 6) is 0.643. The van der Waals surface area contributed by atoms with E-state index in [0.29, 0.717) is 29.5 Å². The summed E-state index contributed by atoms with van der Waals surface area (Å²) in [5.41, 5.74) is 0.314.